The SMILES string of the molecule is O=c1nc(SCc2cn(-c3ccc4ccccc4c3)nn2)sc2c([N+](=O)[O-])cc(Cl)cc12. The van der Waals surface area contributed by atoms with Crippen molar-refractivity contribution >= 4 is 61.2 Å². The lowest BCUT2D eigenvalue weighted by atomic mass is 10.1. The van der Waals surface area contributed by atoms with Crippen LogP contribution in [0.4, 0.5) is 5.69 Å². The van der Waals surface area contributed by atoms with Gasteiger partial charge in [-0.2, -0.15) is 4.98 Å². The highest BCUT2D eigenvalue weighted by Gasteiger charge is 2.18. The number of thioether (sulfide) groups is 1. The zero-order valence-corrected chi connectivity index (χ0v) is 18.5. The maximum atomic E-state index is 12.4. The Labute approximate surface area is 193 Å². The third kappa shape index (κ3) is 3.95. The number of rotatable bonds is 5. The largest absolute Gasteiger partial charge is 0.288 e. The average molecular weight is 482 g/mol. The zero-order chi connectivity index (χ0) is 22.2. The smallest absolute Gasteiger partial charge is 0.267 e. The van der Waals surface area contributed by atoms with Crippen LogP contribution < -0.4 is 5.56 Å². The van der Waals surface area contributed by atoms with Crippen molar-refractivity contribution < 1.29 is 4.92 Å². The van der Waals surface area contributed by atoms with Gasteiger partial charge in [0.2, 0.25) is 0 Å². The number of hydrogen-bond acceptors (Lipinski definition) is 8. The lowest BCUT2D eigenvalue weighted by Gasteiger charge is -2.03. The van der Waals surface area contributed by atoms with Gasteiger partial charge in [-0.25, -0.2) is 4.68 Å². The first-order valence-corrected chi connectivity index (χ1v) is 11.5. The van der Waals surface area contributed by atoms with Gasteiger partial charge in [0.15, 0.2) is 4.34 Å². The molecule has 0 aliphatic heterocycles. The lowest BCUT2D eigenvalue weighted by molar-refractivity contribution is -0.382. The van der Waals surface area contributed by atoms with Gasteiger partial charge in [0.25, 0.3) is 11.2 Å². The quantitative estimate of drug-likeness (QED) is 0.192. The Morgan fingerprint density at radius 2 is 1.94 bits per heavy atom. The normalized spacial score (nSPS) is 11.3. The van der Waals surface area contributed by atoms with Crippen LogP contribution >= 0.6 is 34.7 Å². The molecule has 0 radical (unpaired) electrons. The van der Waals surface area contributed by atoms with E-state index in [0.717, 1.165) is 27.8 Å². The fraction of sp³-hybridized carbons (Fsp3) is 0.0476. The van der Waals surface area contributed by atoms with E-state index < -0.39 is 10.5 Å². The maximum Gasteiger partial charge on any atom is 0.288 e. The molecule has 5 rings (SSSR count). The summed E-state index contributed by atoms with van der Waals surface area (Å²) < 4.78 is 2.35. The molecule has 0 atom stereocenters. The highest BCUT2D eigenvalue weighted by atomic mass is 35.5. The summed E-state index contributed by atoms with van der Waals surface area (Å²) in [5.74, 6) is 0.406. The fourth-order valence-corrected chi connectivity index (χ4v) is 5.47. The standard InChI is InChI=1S/C21H12ClN5O3S2/c22-14-8-17-19(18(9-14)27(29)30)32-21(23-20(17)28)31-11-15-10-26(25-24-15)16-6-5-12-3-1-2-4-13(12)7-16/h1-10H,11H2. The Balaban J connectivity index is 1.41. The van der Waals surface area contributed by atoms with E-state index in [1.165, 1.54) is 23.9 Å². The van der Waals surface area contributed by atoms with Gasteiger partial charge in [0.05, 0.1) is 27.9 Å². The van der Waals surface area contributed by atoms with E-state index >= 15 is 0 Å². The van der Waals surface area contributed by atoms with Gasteiger partial charge < -0.3 is 0 Å². The van der Waals surface area contributed by atoms with E-state index in [0.29, 0.717) is 15.8 Å². The second-order valence-electron chi connectivity index (χ2n) is 6.82. The Hall–Kier alpha value is -3.34. The van der Waals surface area contributed by atoms with Crippen molar-refractivity contribution in [2.45, 2.75) is 10.1 Å². The van der Waals surface area contributed by atoms with Gasteiger partial charge in [-0.15, -0.1) is 16.4 Å². The van der Waals surface area contributed by atoms with Crippen LogP contribution in [-0.4, -0.2) is 24.9 Å². The summed E-state index contributed by atoms with van der Waals surface area (Å²) in [4.78, 5) is 27.3. The van der Waals surface area contributed by atoms with Crippen molar-refractivity contribution in [3.05, 3.63) is 92.0 Å². The van der Waals surface area contributed by atoms with E-state index in [1.807, 2.05) is 48.7 Å². The summed E-state index contributed by atoms with van der Waals surface area (Å²) in [5, 5.41) is 22.3. The maximum absolute atomic E-state index is 12.4. The molecular formula is C21H12ClN5O3S2. The molecule has 158 valence electrons. The first-order valence-electron chi connectivity index (χ1n) is 9.30. The molecule has 0 saturated heterocycles. The summed E-state index contributed by atoms with van der Waals surface area (Å²) in [7, 11) is 0. The van der Waals surface area contributed by atoms with E-state index in [9.17, 15) is 14.9 Å². The van der Waals surface area contributed by atoms with Crippen molar-refractivity contribution in [3.8, 4) is 5.69 Å². The van der Waals surface area contributed by atoms with Crippen molar-refractivity contribution in [2.24, 2.45) is 0 Å². The summed E-state index contributed by atoms with van der Waals surface area (Å²) >= 11 is 8.28. The Morgan fingerprint density at radius 1 is 1.12 bits per heavy atom. The minimum atomic E-state index is -0.549. The third-order valence-corrected chi connectivity index (χ3v) is 7.22. The molecule has 0 saturated carbocycles. The number of fused-ring (bicyclic) bond motifs is 2. The molecule has 32 heavy (non-hydrogen) atoms. The molecule has 5 aromatic rings. The fourth-order valence-electron chi connectivity index (χ4n) is 3.24. The van der Waals surface area contributed by atoms with E-state index in [4.69, 9.17) is 11.6 Å². The number of nitro groups is 1. The zero-order valence-electron chi connectivity index (χ0n) is 16.1. The topological polar surface area (TPSA) is 104 Å². The third-order valence-electron chi connectivity index (χ3n) is 4.73. The van der Waals surface area contributed by atoms with Crippen molar-refractivity contribution in [1.29, 1.82) is 0 Å². The van der Waals surface area contributed by atoms with Crippen molar-refractivity contribution in [1.82, 2.24) is 20.0 Å². The van der Waals surface area contributed by atoms with Crippen LogP contribution in [0, 0.1) is 10.1 Å². The van der Waals surface area contributed by atoms with Gasteiger partial charge in [-0.1, -0.05) is 58.9 Å². The van der Waals surface area contributed by atoms with Crippen LogP contribution in [0.15, 0.2) is 69.9 Å². The second kappa shape index (κ2) is 8.30. The molecule has 0 spiro atoms. The summed E-state index contributed by atoms with van der Waals surface area (Å²) in [6.07, 6.45) is 1.81. The number of benzene rings is 3. The molecule has 8 nitrogen and oxygen atoms in total. The monoisotopic (exact) mass is 481 g/mol. The molecule has 2 heterocycles. The predicted octanol–water partition coefficient (Wildman–Crippen LogP) is 5.24. The Morgan fingerprint density at radius 3 is 2.75 bits per heavy atom. The summed E-state index contributed by atoms with van der Waals surface area (Å²) in [5.41, 5.74) is 0.816. The molecule has 0 amide bonds. The molecule has 0 aliphatic carbocycles. The molecule has 0 unspecified atom stereocenters. The molecule has 2 aromatic heterocycles. The second-order valence-corrected chi connectivity index (χ2v) is 9.48. The van der Waals surface area contributed by atoms with Crippen LogP contribution in [0.2, 0.25) is 5.02 Å². The van der Waals surface area contributed by atoms with Crippen molar-refractivity contribution in [3.63, 3.8) is 0 Å². The van der Waals surface area contributed by atoms with Crippen LogP contribution in [0.3, 0.4) is 0 Å². The van der Waals surface area contributed by atoms with Gasteiger partial charge >= 0.3 is 0 Å². The lowest BCUT2D eigenvalue weighted by Crippen LogP contribution is -2.06. The Bertz CT molecular complexity index is 1570. The van der Waals surface area contributed by atoms with Gasteiger partial charge in [0.1, 0.15) is 4.70 Å². The number of nitro benzene ring substituents is 1. The number of aromatic nitrogens is 4. The highest BCUT2D eigenvalue weighted by Crippen LogP contribution is 2.35. The van der Waals surface area contributed by atoms with Gasteiger partial charge in [0, 0.05) is 16.8 Å². The minimum Gasteiger partial charge on any atom is -0.267 e. The first kappa shape index (κ1) is 20.6. The van der Waals surface area contributed by atoms with E-state index in [-0.39, 0.29) is 20.8 Å². The summed E-state index contributed by atoms with van der Waals surface area (Å²) in [6, 6.07) is 16.7. The van der Waals surface area contributed by atoms with Crippen LogP contribution in [-0.2, 0) is 5.75 Å². The van der Waals surface area contributed by atoms with Crippen LogP contribution in [0.1, 0.15) is 5.69 Å². The first-order chi connectivity index (χ1) is 15.5. The molecule has 3 aromatic carbocycles. The van der Waals surface area contributed by atoms with E-state index in [1.54, 1.807) is 4.68 Å². The summed E-state index contributed by atoms with van der Waals surface area (Å²) in [6.45, 7) is 0. The number of nitrogens with zero attached hydrogens (tertiary/aromatic N) is 5. The van der Waals surface area contributed by atoms with Gasteiger partial charge in [-0.05, 0) is 29.0 Å². The van der Waals surface area contributed by atoms with E-state index in [2.05, 4.69) is 15.3 Å². The minimum absolute atomic E-state index is 0.126. The number of hydrogen-bond donors (Lipinski definition) is 0. The van der Waals surface area contributed by atoms with Crippen LogP contribution in [0.5, 0.6) is 0 Å². The molecule has 0 bridgehead atoms. The number of non-ortho nitro benzene ring substituents is 1. The predicted molar refractivity (Wildman–Crippen MR) is 126 cm³/mol. The van der Waals surface area contributed by atoms with Gasteiger partial charge in [-0.3, -0.25) is 14.9 Å². The molecule has 0 aliphatic rings. The molecule has 0 N–H and O–H groups in total. The van der Waals surface area contributed by atoms with Crippen LogP contribution in [0.25, 0.3) is 26.5 Å². The molecular weight excluding hydrogens is 470 g/mol. The number of halogens is 1. The highest BCUT2D eigenvalue weighted by molar-refractivity contribution is 8.00. The molecule has 0 fully saturated rings. The van der Waals surface area contributed by atoms with Crippen molar-refractivity contribution in [2.75, 3.05) is 0 Å². The molecule has 11 heteroatoms. The average Bonchev–Trinajstić information content (AvgIpc) is 3.26. The Kier molecular flexibility index (Phi) is 5.33.